The summed E-state index contributed by atoms with van der Waals surface area (Å²) < 4.78 is 23.9. The molecule has 0 unspecified atom stereocenters. The lowest BCUT2D eigenvalue weighted by atomic mass is 9.77. The van der Waals surface area contributed by atoms with Crippen molar-refractivity contribution in [2.24, 2.45) is 0 Å². The summed E-state index contributed by atoms with van der Waals surface area (Å²) in [6.45, 7) is 12.8. The van der Waals surface area contributed by atoms with Crippen molar-refractivity contribution in [3.05, 3.63) is 57.6 Å². The quantitative estimate of drug-likeness (QED) is 0.452. The zero-order valence-electron chi connectivity index (χ0n) is 17.7. The van der Waals surface area contributed by atoms with Crippen LogP contribution in [0.1, 0.15) is 65.9 Å². The van der Waals surface area contributed by atoms with Gasteiger partial charge < -0.3 is 0 Å². The minimum absolute atomic E-state index is 0.0874. The molecular weight excluding hydrogens is 420 g/mol. The maximum atomic E-state index is 13.8. The van der Waals surface area contributed by atoms with Gasteiger partial charge in [0.25, 0.3) is 0 Å². The van der Waals surface area contributed by atoms with E-state index in [-0.39, 0.29) is 16.6 Å². The fraction of sp³-hybridized carbons (Fsp3) is 0.435. The number of benzene rings is 2. The molecule has 0 aromatic heterocycles. The summed E-state index contributed by atoms with van der Waals surface area (Å²) in [5, 5.41) is -0.850. The van der Waals surface area contributed by atoms with Gasteiger partial charge in [-0.3, -0.25) is 4.79 Å². The number of hydrogen-bond donors (Lipinski definition) is 0. The second-order valence-electron chi connectivity index (χ2n) is 10.3. The molecule has 0 amide bonds. The SMILES string of the molecule is Cc1c(C(=O)c2ccc3c(c2C)C(C)(C)C24OS32O4)ccc2c1C(C)(C)C13OS21O3. The van der Waals surface area contributed by atoms with Crippen molar-refractivity contribution in [2.45, 2.75) is 72.4 Å². The topological polar surface area (TPSA) is 67.2 Å². The molecular formula is C23H22O5S2. The summed E-state index contributed by atoms with van der Waals surface area (Å²) in [7, 11) is -3.00. The van der Waals surface area contributed by atoms with Crippen LogP contribution in [0.3, 0.4) is 0 Å². The molecule has 6 heterocycles. The first-order valence-electron chi connectivity index (χ1n) is 10.3. The van der Waals surface area contributed by atoms with Crippen LogP contribution in [0.5, 0.6) is 0 Å². The van der Waals surface area contributed by atoms with E-state index in [9.17, 15) is 4.79 Å². The first-order chi connectivity index (χ1) is 14.0. The number of hydrogen-bond acceptors (Lipinski definition) is 5. The molecule has 30 heavy (non-hydrogen) atoms. The van der Waals surface area contributed by atoms with E-state index >= 15 is 0 Å². The summed E-state index contributed by atoms with van der Waals surface area (Å²) in [5.41, 5.74) is 5.70. The lowest BCUT2D eigenvalue weighted by Gasteiger charge is -2.30. The highest BCUT2D eigenvalue weighted by molar-refractivity contribution is 8.37. The van der Waals surface area contributed by atoms with Gasteiger partial charge in [-0.25, -0.2) is 16.7 Å². The Morgan fingerprint density at radius 1 is 0.700 bits per heavy atom. The molecule has 2 aromatic carbocycles. The molecule has 0 bridgehead atoms. The number of ketones is 1. The van der Waals surface area contributed by atoms with Crippen molar-refractivity contribution in [1.29, 1.82) is 0 Å². The van der Waals surface area contributed by atoms with Crippen LogP contribution in [0.15, 0.2) is 34.1 Å². The van der Waals surface area contributed by atoms with Crippen molar-refractivity contribution in [1.82, 2.24) is 0 Å². The highest BCUT2D eigenvalue weighted by Crippen LogP contribution is 3.08. The van der Waals surface area contributed by atoms with Gasteiger partial charge in [0.1, 0.15) is 0 Å². The number of fused-ring (bicyclic) bond motifs is 2. The van der Waals surface area contributed by atoms with Gasteiger partial charge in [-0.05, 0) is 88.1 Å². The molecule has 0 atom stereocenters. The monoisotopic (exact) mass is 442 g/mol. The molecule has 4 fully saturated rings. The Morgan fingerprint density at radius 2 is 1.07 bits per heavy atom. The Labute approximate surface area is 178 Å². The van der Waals surface area contributed by atoms with Crippen molar-refractivity contribution >= 4 is 27.0 Å². The Kier molecular flexibility index (Phi) is 2.33. The highest BCUT2D eigenvalue weighted by atomic mass is 32.3. The molecule has 0 saturated carbocycles. The Morgan fingerprint density at radius 3 is 1.43 bits per heavy atom. The normalized spacial score (nSPS) is 46.6. The first kappa shape index (κ1) is 17.2. The molecule has 8 rings (SSSR count). The van der Waals surface area contributed by atoms with Crippen LogP contribution in [0.25, 0.3) is 0 Å². The molecule has 0 N–H and O–H groups in total. The van der Waals surface area contributed by atoms with Crippen LogP contribution in [0, 0.1) is 13.8 Å². The lowest BCUT2D eigenvalue weighted by Crippen LogP contribution is -2.33. The third-order valence-electron chi connectivity index (χ3n) is 8.21. The largest absolute Gasteiger partial charge is 0.318 e. The summed E-state index contributed by atoms with van der Waals surface area (Å²) >= 11 is 0. The van der Waals surface area contributed by atoms with Crippen molar-refractivity contribution in [3.8, 4) is 0 Å². The molecule has 0 aliphatic carbocycles. The van der Waals surface area contributed by atoms with E-state index in [1.54, 1.807) is 0 Å². The van der Waals surface area contributed by atoms with E-state index in [1.807, 2.05) is 12.1 Å². The molecule has 6 aliphatic heterocycles. The Balaban J connectivity index is 1.28. The zero-order valence-corrected chi connectivity index (χ0v) is 19.3. The summed E-state index contributed by atoms with van der Waals surface area (Å²) in [6, 6.07) is 8.06. The maximum absolute atomic E-state index is 13.8. The predicted molar refractivity (Wildman–Crippen MR) is 113 cm³/mol. The second kappa shape index (κ2) is 4.05. The number of carbonyl (C=O) groups excluding carboxylic acids is 1. The second-order valence-corrected chi connectivity index (χ2v) is 14.9. The van der Waals surface area contributed by atoms with Crippen LogP contribution in [-0.4, -0.2) is 16.0 Å². The summed E-state index contributed by atoms with van der Waals surface area (Å²) in [5.74, 6) is 0.0874. The van der Waals surface area contributed by atoms with Crippen LogP contribution in [-0.2, 0) is 27.6 Å². The van der Waals surface area contributed by atoms with E-state index in [0.717, 1.165) is 22.3 Å². The van der Waals surface area contributed by atoms with Crippen molar-refractivity contribution < 1.29 is 21.5 Å². The number of carbonyl (C=O) groups is 1. The minimum atomic E-state index is -1.50. The molecule has 0 radical (unpaired) electrons. The van der Waals surface area contributed by atoms with E-state index in [2.05, 4.69) is 53.7 Å². The lowest BCUT2D eigenvalue weighted by molar-refractivity contribution is 0.00933. The molecule has 156 valence electrons. The first-order valence-corrected chi connectivity index (χ1v) is 13.3. The van der Waals surface area contributed by atoms with Crippen LogP contribution in [0.2, 0.25) is 0 Å². The van der Waals surface area contributed by atoms with Crippen LogP contribution < -0.4 is 0 Å². The van der Waals surface area contributed by atoms with Gasteiger partial charge in [-0.2, -0.15) is 0 Å². The molecule has 7 heteroatoms. The Hall–Kier alpha value is -1.35. The Bertz CT molecular complexity index is 1210. The maximum Gasteiger partial charge on any atom is 0.318 e. The van der Waals surface area contributed by atoms with Gasteiger partial charge in [0.05, 0.1) is 20.6 Å². The van der Waals surface area contributed by atoms with Gasteiger partial charge in [0.15, 0.2) is 5.78 Å². The van der Waals surface area contributed by atoms with Gasteiger partial charge in [-0.15, -0.1) is 0 Å². The smallest absolute Gasteiger partial charge is 0.289 e. The fourth-order valence-electron chi connectivity index (χ4n) is 6.44. The van der Waals surface area contributed by atoms with Crippen LogP contribution in [0.4, 0.5) is 0 Å². The molecule has 2 aromatic rings. The average molecular weight is 443 g/mol. The van der Waals surface area contributed by atoms with Gasteiger partial charge in [0.2, 0.25) is 0 Å². The zero-order chi connectivity index (χ0) is 20.9. The fourth-order valence-corrected chi connectivity index (χ4v) is 13.5. The van der Waals surface area contributed by atoms with Gasteiger partial charge >= 0.3 is 10.2 Å². The average Bonchev–Trinajstić information content (AvgIpc) is 3.51. The van der Waals surface area contributed by atoms with E-state index in [0.29, 0.717) is 0 Å². The van der Waals surface area contributed by atoms with E-state index in [1.165, 1.54) is 20.9 Å². The van der Waals surface area contributed by atoms with Crippen molar-refractivity contribution in [3.63, 3.8) is 0 Å². The minimum Gasteiger partial charge on any atom is -0.289 e. The highest BCUT2D eigenvalue weighted by Gasteiger charge is 2.97. The summed E-state index contributed by atoms with van der Waals surface area (Å²) in [4.78, 5) is 16.1. The van der Waals surface area contributed by atoms with Crippen LogP contribution >= 0.6 is 21.2 Å². The molecule has 5 nitrogen and oxygen atoms in total. The summed E-state index contributed by atoms with van der Waals surface area (Å²) in [6.07, 6.45) is 0. The molecule has 4 saturated heterocycles. The third kappa shape index (κ3) is 1.29. The number of rotatable bonds is 2. The van der Waals surface area contributed by atoms with E-state index < -0.39 is 31.4 Å². The predicted octanol–water partition coefficient (Wildman–Crippen LogP) is 5.53. The molecule has 0 spiro atoms. The third-order valence-corrected chi connectivity index (χ3v) is 14.1. The molecule has 6 aliphatic rings. The standard InChI is InChI=1S/C23H22O5S2/c1-11-13(7-9-15-17(11)20(3,4)22-25-29(15,22)26-22)19(24)14-8-10-16-18(12(14)2)21(5,6)23-27-30(16,23)28-23/h7-10H,1-6H3. The van der Waals surface area contributed by atoms with Gasteiger partial charge in [-0.1, -0.05) is 21.2 Å². The van der Waals surface area contributed by atoms with Gasteiger partial charge in [0, 0.05) is 11.1 Å². The van der Waals surface area contributed by atoms with Crippen molar-refractivity contribution in [2.75, 3.05) is 0 Å². The van der Waals surface area contributed by atoms with E-state index in [4.69, 9.17) is 16.7 Å².